The number of cyclic esters (lactones) is 2. The van der Waals surface area contributed by atoms with E-state index in [2.05, 4.69) is 5.32 Å². The Kier molecular flexibility index (Phi) is 5.33. The zero-order valence-electron chi connectivity index (χ0n) is 17.5. The SMILES string of the molecule is O=C(Nc1ccccc1)OC[C@@]12OC(C[C@H]1COC(=O)c1ccccc1)[C@H]1C(=O)OC(=O)[C@H]12. The molecule has 0 saturated carbocycles. The summed E-state index contributed by atoms with van der Waals surface area (Å²) in [7, 11) is 0. The highest BCUT2D eigenvalue weighted by Crippen LogP contribution is 2.57. The molecule has 0 aromatic heterocycles. The molecule has 2 aromatic rings. The summed E-state index contributed by atoms with van der Waals surface area (Å²) in [5.74, 6) is -3.99. The van der Waals surface area contributed by atoms with Crippen molar-refractivity contribution in [2.45, 2.75) is 18.1 Å². The van der Waals surface area contributed by atoms with E-state index < -0.39 is 53.5 Å². The predicted octanol–water partition coefficient (Wildman–Crippen LogP) is 2.57. The summed E-state index contributed by atoms with van der Waals surface area (Å²) in [5.41, 5.74) is -0.385. The highest BCUT2D eigenvalue weighted by Gasteiger charge is 2.73. The van der Waals surface area contributed by atoms with Gasteiger partial charge in [0.05, 0.1) is 24.2 Å². The number of ether oxygens (including phenoxy) is 4. The van der Waals surface area contributed by atoms with Gasteiger partial charge in [0.25, 0.3) is 0 Å². The number of carbonyl (C=O) groups excluding carboxylic acids is 4. The number of hydrogen-bond acceptors (Lipinski definition) is 8. The average molecular weight is 451 g/mol. The first-order valence-electron chi connectivity index (χ1n) is 10.6. The molecular formula is C24H21NO8. The molecular weight excluding hydrogens is 430 g/mol. The van der Waals surface area contributed by atoms with Crippen molar-refractivity contribution in [3.63, 3.8) is 0 Å². The van der Waals surface area contributed by atoms with Crippen LogP contribution >= 0.6 is 0 Å². The molecule has 1 amide bonds. The fraction of sp³-hybridized carbons (Fsp3) is 0.333. The quantitative estimate of drug-likeness (QED) is 0.405. The third-order valence-electron chi connectivity index (χ3n) is 6.47. The fourth-order valence-electron chi connectivity index (χ4n) is 4.97. The third kappa shape index (κ3) is 3.74. The van der Waals surface area contributed by atoms with Gasteiger partial charge in [-0.25, -0.2) is 9.59 Å². The van der Waals surface area contributed by atoms with Gasteiger partial charge in [-0.05, 0) is 30.7 Å². The number of hydrogen-bond donors (Lipinski definition) is 1. The molecule has 0 spiro atoms. The summed E-state index contributed by atoms with van der Waals surface area (Å²) in [6.07, 6.45) is -0.936. The lowest BCUT2D eigenvalue weighted by Gasteiger charge is -2.35. The number of anilines is 1. The first kappa shape index (κ1) is 21.1. The average Bonchev–Trinajstić information content (AvgIpc) is 3.46. The minimum atomic E-state index is -1.32. The number of rotatable bonds is 6. The van der Waals surface area contributed by atoms with E-state index in [-0.39, 0.29) is 13.2 Å². The lowest BCUT2D eigenvalue weighted by Crippen LogP contribution is -2.52. The molecule has 3 fully saturated rings. The Morgan fingerprint density at radius 2 is 1.67 bits per heavy atom. The van der Waals surface area contributed by atoms with Crippen LogP contribution in [0.2, 0.25) is 0 Å². The number of amides is 1. The maximum absolute atomic E-state index is 12.5. The highest BCUT2D eigenvalue weighted by molar-refractivity contribution is 5.98. The fourth-order valence-corrected chi connectivity index (χ4v) is 4.97. The third-order valence-corrected chi connectivity index (χ3v) is 6.47. The summed E-state index contributed by atoms with van der Waals surface area (Å²) in [4.78, 5) is 49.5. The van der Waals surface area contributed by atoms with Crippen molar-refractivity contribution in [2.75, 3.05) is 18.5 Å². The van der Waals surface area contributed by atoms with Crippen LogP contribution in [0.15, 0.2) is 60.7 Å². The molecule has 9 heteroatoms. The molecule has 1 N–H and O–H groups in total. The molecule has 2 aromatic carbocycles. The van der Waals surface area contributed by atoms with Gasteiger partial charge in [-0.2, -0.15) is 0 Å². The van der Waals surface area contributed by atoms with Gasteiger partial charge >= 0.3 is 24.0 Å². The van der Waals surface area contributed by atoms with E-state index in [1.165, 1.54) is 0 Å². The van der Waals surface area contributed by atoms with Crippen LogP contribution in [-0.2, 0) is 28.5 Å². The van der Waals surface area contributed by atoms with Crippen molar-refractivity contribution < 1.29 is 38.1 Å². The standard InChI is InChI=1S/C24H21NO8/c26-20(14-7-3-1-4-8-14)30-12-15-11-17-18-19(22(28)32-21(18)27)24(15,33-17)13-31-23(29)25-16-9-5-2-6-10-16/h1-10,15,17-19H,11-13H2,(H,25,29)/t15-,17?,18+,19-,24+/m0/s1. The minimum Gasteiger partial charge on any atom is -0.462 e. The summed E-state index contributed by atoms with van der Waals surface area (Å²) in [6.45, 7) is -0.349. The van der Waals surface area contributed by atoms with Gasteiger partial charge in [0.2, 0.25) is 0 Å². The Morgan fingerprint density at radius 3 is 2.39 bits per heavy atom. The molecule has 0 radical (unpaired) electrons. The summed E-state index contributed by atoms with van der Waals surface area (Å²) in [5, 5.41) is 2.60. The van der Waals surface area contributed by atoms with Crippen LogP contribution in [0, 0.1) is 17.8 Å². The second-order valence-corrected chi connectivity index (χ2v) is 8.32. The van der Waals surface area contributed by atoms with Gasteiger partial charge < -0.3 is 18.9 Å². The van der Waals surface area contributed by atoms with Gasteiger partial charge in [0.15, 0.2) is 0 Å². The Morgan fingerprint density at radius 1 is 0.970 bits per heavy atom. The van der Waals surface area contributed by atoms with E-state index in [0.29, 0.717) is 17.7 Å². The van der Waals surface area contributed by atoms with Gasteiger partial charge in [0.1, 0.15) is 18.1 Å². The molecule has 0 aliphatic carbocycles. The van der Waals surface area contributed by atoms with E-state index in [1.54, 1.807) is 54.6 Å². The molecule has 5 rings (SSSR count). The van der Waals surface area contributed by atoms with Crippen LogP contribution in [-0.4, -0.2) is 48.9 Å². The highest BCUT2D eigenvalue weighted by atomic mass is 16.6. The molecule has 3 aliphatic heterocycles. The van der Waals surface area contributed by atoms with Crippen molar-refractivity contribution in [1.82, 2.24) is 0 Å². The van der Waals surface area contributed by atoms with Crippen LogP contribution in [0.25, 0.3) is 0 Å². The number of fused-ring (bicyclic) bond motifs is 5. The lowest BCUT2D eigenvalue weighted by atomic mass is 9.67. The molecule has 3 heterocycles. The smallest absolute Gasteiger partial charge is 0.411 e. The molecule has 2 bridgehead atoms. The Labute approximate surface area is 189 Å². The molecule has 1 unspecified atom stereocenters. The van der Waals surface area contributed by atoms with Gasteiger partial charge in [-0.3, -0.25) is 14.9 Å². The van der Waals surface area contributed by atoms with Crippen LogP contribution in [0.3, 0.4) is 0 Å². The topological polar surface area (TPSA) is 117 Å². The van der Waals surface area contributed by atoms with Crippen molar-refractivity contribution >= 4 is 29.7 Å². The van der Waals surface area contributed by atoms with E-state index in [9.17, 15) is 19.2 Å². The summed E-state index contributed by atoms with van der Waals surface area (Å²) in [6, 6.07) is 17.2. The van der Waals surface area contributed by atoms with Crippen LogP contribution in [0.5, 0.6) is 0 Å². The van der Waals surface area contributed by atoms with Crippen molar-refractivity contribution in [2.24, 2.45) is 17.8 Å². The zero-order valence-corrected chi connectivity index (χ0v) is 17.5. The van der Waals surface area contributed by atoms with E-state index in [0.717, 1.165) is 0 Å². The lowest BCUT2D eigenvalue weighted by molar-refractivity contribution is -0.162. The minimum absolute atomic E-state index is 0.0570. The molecule has 3 saturated heterocycles. The molecule has 170 valence electrons. The zero-order chi connectivity index (χ0) is 23.0. The van der Waals surface area contributed by atoms with Gasteiger partial charge in [0, 0.05) is 11.6 Å². The van der Waals surface area contributed by atoms with Crippen LogP contribution < -0.4 is 5.32 Å². The second-order valence-electron chi connectivity index (χ2n) is 8.32. The molecule has 9 nitrogen and oxygen atoms in total. The van der Waals surface area contributed by atoms with Crippen molar-refractivity contribution in [3.8, 4) is 0 Å². The monoisotopic (exact) mass is 451 g/mol. The van der Waals surface area contributed by atoms with Gasteiger partial charge in [-0.15, -0.1) is 0 Å². The number of carbonyl (C=O) groups is 4. The first-order valence-corrected chi connectivity index (χ1v) is 10.6. The Hall–Kier alpha value is -3.72. The van der Waals surface area contributed by atoms with E-state index in [1.807, 2.05) is 6.07 Å². The van der Waals surface area contributed by atoms with Crippen LogP contribution in [0.1, 0.15) is 16.8 Å². The van der Waals surface area contributed by atoms with Crippen LogP contribution in [0.4, 0.5) is 10.5 Å². The second kappa shape index (κ2) is 8.32. The maximum Gasteiger partial charge on any atom is 0.411 e. The predicted molar refractivity (Wildman–Crippen MR) is 112 cm³/mol. The number of benzene rings is 2. The largest absolute Gasteiger partial charge is 0.462 e. The Bertz CT molecular complexity index is 1090. The number of para-hydroxylation sites is 1. The normalized spacial score (nSPS) is 29.3. The van der Waals surface area contributed by atoms with Crippen molar-refractivity contribution in [3.05, 3.63) is 66.2 Å². The summed E-state index contributed by atoms with van der Waals surface area (Å²) < 4.78 is 21.9. The molecule has 3 aliphatic rings. The van der Waals surface area contributed by atoms with E-state index in [4.69, 9.17) is 18.9 Å². The Balaban J connectivity index is 1.32. The van der Waals surface area contributed by atoms with Crippen molar-refractivity contribution in [1.29, 1.82) is 0 Å². The van der Waals surface area contributed by atoms with E-state index >= 15 is 0 Å². The van der Waals surface area contributed by atoms with Gasteiger partial charge in [-0.1, -0.05) is 36.4 Å². The molecule has 33 heavy (non-hydrogen) atoms. The summed E-state index contributed by atoms with van der Waals surface area (Å²) >= 11 is 0. The first-order chi connectivity index (χ1) is 16.0. The maximum atomic E-state index is 12.5. The molecule has 5 atom stereocenters. The number of esters is 3. The number of nitrogens with one attached hydrogen (secondary N) is 1.